The van der Waals surface area contributed by atoms with Gasteiger partial charge in [-0.3, -0.25) is 4.79 Å². The summed E-state index contributed by atoms with van der Waals surface area (Å²) in [7, 11) is 0. The number of carbonyl (C=O) groups is 1. The third-order valence-electron chi connectivity index (χ3n) is 3.82. The van der Waals surface area contributed by atoms with E-state index in [1.165, 1.54) is 16.0 Å². The molecule has 0 atom stereocenters. The number of para-hydroxylation sites is 1. The highest BCUT2D eigenvalue weighted by molar-refractivity contribution is 7.09. The summed E-state index contributed by atoms with van der Waals surface area (Å²) >= 11 is 1.71. The predicted octanol–water partition coefficient (Wildman–Crippen LogP) is 5.57. The van der Waals surface area contributed by atoms with Gasteiger partial charge in [0.25, 0.3) is 0 Å². The standard InChI is InChI=1S/C19H25NOS/c1-13(2)16-8-5-9-17(14(3)4)19(16)20-18(21)11-10-15-7-6-12-22-15/h5-9,12-14H,10-11H2,1-4H3,(H,20,21). The van der Waals surface area contributed by atoms with Crippen molar-refractivity contribution in [2.75, 3.05) is 5.32 Å². The van der Waals surface area contributed by atoms with E-state index in [1.54, 1.807) is 11.3 Å². The molecule has 0 spiro atoms. The number of benzene rings is 1. The molecule has 3 heteroatoms. The van der Waals surface area contributed by atoms with Crippen LogP contribution in [0.4, 0.5) is 5.69 Å². The number of anilines is 1. The second-order valence-electron chi connectivity index (χ2n) is 6.25. The molecule has 2 nitrogen and oxygen atoms in total. The number of amides is 1. The molecule has 1 N–H and O–H groups in total. The molecule has 0 aliphatic heterocycles. The molecule has 0 aliphatic carbocycles. The zero-order valence-corrected chi connectivity index (χ0v) is 14.7. The van der Waals surface area contributed by atoms with Gasteiger partial charge in [0.05, 0.1) is 0 Å². The molecule has 0 bridgehead atoms. The van der Waals surface area contributed by atoms with Crippen molar-refractivity contribution in [2.24, 2.45) is 0 Å². The molecule has 1 heterocycles. The largest absolute Gasteiger partial charge is 0.326 e. The highest BCUT2D eigenvalue weighted by Crippen LogP contribution is 2.32. The summed E-state index contributed by atoms with van der Waals surface area (Å²) < 4.78 is 0. The summed E-state index contributed by atoms with van der Waals surface area (Å²) in [6.07, 6.45) is 1.34. The van der Waals surface area contributed by atoms with Gasteiger partial charge in [0, 0.05) is 17.0 Å². The van der Waals surface area contributed by atoms with Gasteiger partial charge in [-0.2, -0.15) is 0 Å². The summed E-state index contributed by atoms with van der Waals surface area (Å²) in [5, 5.41) is 5.22. The Morgan fingerprint density at radius 1 is 1.05 bits per heavy atom. The van der Waals surface area contributed by atoms with Crippen LogP contribution in [0.2, 0.25) is 0 Å². The zero-order chi connectivity index (χ0) is 16.1. The first-order valence-electron chi connectivity index (χ1n) is 7.94. The lowest BCUT2D eigenvalue weighted by Crippen LogP contribution is -2.16. The lowest BCUT2D eigenvalue weighted by molar-refractivity contribution is -0.116. The number of hydrogen-bond acceptors (Lipinski definition) is 2. The van der Waals surface area contributed by atoms with Gasteiger partial charge in [0.15, 0.2) is 0 Å². The lowest BCUT2D eigenvalue weighted by atomic mass is 9.92. The van der Waals surface area contributed by atoms with Crippen LogP contribution in [0.3, 0.4) is 0 Å². The molecular formula is C19H25NOS. The molecule has 0 saturated heterocycles. The maximum atomic E-state index is 12.4. The summed E-state index contributed by atoms with van der Waals surface area (Å²) in [5.41, 5.74) is 3.45. The fourth-order valence-electron chi connectivity index (χ4n) is 2.59. The van der Waals surface area contributed by atoms with Crippen LogP contribution in [0, 0.1) is 0 Å². The first-order chi connectivity index (χ1) is 10.5. The third kappa shape index (κ3) is 4.20. The van der Waals surface area contributed by atoms with E-state index in [9.17, 15) is 4.79 Å². The predicted molar refractivity (Wildman–Crippen MR) is 95.9 cm³/mol. The van der Waals surface area contributed by atoms with Gasteiger partial charge in [-0.15, -0.1) is 11.3 Å². The Morgan fingerprint density at radius 2 is 1.68 bits per heavy atom. The summed E-state index contributed by atoms with van der Waals surface area (Å²) in [6.45, 7) is 8.67. The fraction of sp³-hybridized carbons (Fsp3) is 0.421. The first-order valence-corrected chi connectivity index (χ1v) is 8.82. The number of thiophene rings is 1. The van der Waals surface area contributed by atoms with Crippen molar-refractivity contribution in [3.63, 3.8) is 0 Å². The Kier molecular flexibility index (Phi) is 5.78. The second-order valence-corrected chi connectivity index (χ2v) is 7.28. The first kappa shape index (κ1) is 16.8. The van der Waals surface area contributed by atoms with Gasteiger partial charge in [-0.05, 0) is 40.8 Å². The number of aryl methyl sites for hydroxylation is 1. The molecule has 118 valence electrons. The third-order valence-corrected chi connectivity index (χ3v) is 4.75. The Labute approximate surface area is 137 Å². The maximum absolute atomic E-state index is 12.4. The van der Waals surface area contributed by atoms with Crippen molar-refractivity contribution in [1.29, 1.82) is 0 Å². The minimum atomic E-state index is 0.100. The van der Waals surface area contributed by atoms with E-state index in [4.69, 9.17) is 0 Å². The maximum Gasteiger partial charge on any atom is 0.224 e. The number of carbonyl (C=O) groups excluding carboxylic acids is 1. The average molecular weight is 315 g/mol. The Balaban J connectivity index is 2.14. The number of hydrogen-bond donors (Lipinski definition) is 1. The highest BCUT2D eigenvalue weighted by Gasteiger charge is 2.15. The molecule has 0 aliphatic rings. The van der Waals surface area contributed by atoms with Gasteiger partial charge >= 0.3 is 0 Å². The van der Waals surface area contributed by atoms with E-state index in [0.29, 0.717) is 18.3 Å². The molecular weight excluding hydrogens is 290 g/mol. The van der Waals surface area contributed by atoms with Crippen LogP contribution in [0.1, 0.15) is 62.0 Å². The smallest absolute Gasteiger partial charge is 0.224 e. The molecule has 0 radical (unpaired) electrons. The van der Waals surface area contributed by atoms with Crippen LogP contribution < -0.4 is 5.32 Å². The lowest BCUT2D eigenvalue weighted by Gasteiger charge is -2.20. The van der Waals surface area contributed by atoms with Gasteiger partial charge < -0.3 is 5.32 Å². The normalized spacial score (nSPS) is 11.2. The van der Waals surface area contributed by atoms with E-state index >= 15 is 0 Å². The average Bonchev–Trinajstić information content (AvgIpc) is 2.98. The van der Waals surface area contributed by atoms with E-state index < -0.39 is 0 Å². The Morgan fingerprint density at radius 3 is 2.18 bits per heavy atom. The van der Waals surface area contributed by atoms with E-state index in [0.717, 1.165) is 12.1 Å². The minimum absolute atomic E-state index is 0.100. The molecule has 2 aromatic rings. The minimum Gasteiger partial charge on any atom is -0.326 e. The summed E-state index contributed by atoms with van der Waals surface area (Å²) in [5.74, 6) is 0.890. The fourth-order valence-corrected chi connectivity index (χ4v) is 3.30. The number of rotatable bonds is 6. The highest BCUT2D eigenvalue weighted by atomic mass is 32.1. The van der Waals surface area contributed by atoms with Crippen LogP contribution >= 0.6 is 11.3 Å². The van der Waals surface area contributed by atoms with Gasteiger partial charge in [-0.25, -0.2) is 0 Å². The van der Waals surface area contributed by atoms with Gasteiger partial charge in [0.2, 0.25) is 5.91 Å². The van der Waals surface area contributed by atoms with Crippen LogP contribution in [0.25, 0.3) is 0 Å². The van der Waals surface area contributed by atoms with Crippen LogP contribution in [-0.4, -0.2) is 5.91 Å². The van der Waals surface area contributed by atoms with Crippen LogP contribution in [0.5, 0.6) is 0 Å². The van der Waals surface area contributed by atoms with Crippen LogP contribution in [-0.2, 0) is 11.2 Å². The van der Waals surface area contributed by atoms with Crippen molar-refractivity contribution in [3.8, 4) is 0 Å². The van der Waals surface area contributed by atoms with Crippen LogP contribution in [0.15, 0.2) is 35.7 Å². The van der Waals surface area contributed by atoms with Crippen molar-refractivity contribution in [1.82, 2.24) is 0 Å². The molecule has 2 rings (SSSR count). The van der Waals surface area contributed by atoms with Crippen molar-refractivity contribution in [2.45, 2.75) is 52.4 Å². The molecule has 1 aromatic carbocycles. The molecule has 1 aromatic heterocycles. The summed E-state index contributed by atoms with van der Waals surface area (Å²) in [6, 6.07) is 10.4. The van der Waals surface area contributed by atoms with Gasteiger partial charge in [-0.1, -0.05) is 52.0 Å². The Hall–Kier alpha value is -1.61. The van der Waals surface area contributed by atoms with Crippen molar-refractivity contribution >= 4 is 22.9 Å². The van der Waals surface area contributed by atoms with Crippen molar-refractivity contribution < 1.29 is 4.79 Å². The molecule has 0 unspecified atom stereocenters. The molecule has 1 amide bonds. The monoisotopic (exact) mass is 315 g/mol. The topological polar surface area (TPSA) is 29.1 Å². The van der Waals surface area contributed by atoms with E-state index in [1.807, 2.05) is 6.07 Å². The van der Waals surface area contributed by atoms with Crippen molar-refractivity contribution in [3.05, 3.63) is 51.7 Å². The van der Waals surface area contributed by atoms with E-state index in [2.05, 4.69) is 62.7 Å². The second kappa shape index (κ2) is 7.59. The summed E-state index contributed by atoms with van der Waals surface area (Å²) in [4.78, 5) is 13.6. The molecule has 0 saturated carbocycles. The quantitative estimate of drug-likeness (QED) is 0.742. The Bertz CT molecular complexity index is 588. The zero-order valence-electron chi connectivity index (χ0n) is 13.8. The molecule has 22 heavy (non-hydrogen) atoms. The number of nitrogens with one attached hydrogen (secondary N) is 1. The molecule has 0 fully saturated rings. The van der Waals surface area contributed by atoms with E-state index in [-0.39, 0.29) is 5.91 Å². The van der Waals surface area contributed by atoms with Gasteiger partial charge in [0.1, 0.15) is 0 Å². The SMILES string of the molecule is CC(C)c1cccc(C(C)C)c1NC(=O)CCc1cccs1.